The maximum Gasteiger partial charge on any atom is 0.322 e. The number of nitrogens with zero attached hydrogens (tertiary/aromatic N) is 3. The van der Waals surface area contributed by atoms with Gasteiger partial charge in [0, 0.05) is 0 Å². The number of ether oxygens (including phenoxy) is 2. The fourth-order valence-corrected chi connectivity index (χ4v) is 2.72. The summed E-state index contributed by atoms with van der Waals surface area (Å²) in [7, 11) is 0. The topological polar surface area (TPSA) is 113 Å². The van der Waals surface area contributed by atoms with Crippen molar-refractivity contribution in [1.29, 1.82) is 0 Å². The summed E-state index contributed by atoms with van der Waals surface area (Å²) in [6, 6.07) is 12.6. The first-order chi connectivity index (χ1) is 13.2. The predicted octanol–water partition coefficient (Wildman–Crippen LogP) is 2.78. The van der Waals surface area contributed by atoms with Crippen LogP contribution in [-0.4, -0.2) is 27.9 Å². The summed E-state index contributed by atoms with van der Waals surface area (Å²) in [4.78, 5) is 16.4. The highest BCUT2D eigenvalue weighted by molar-refractivity contribution is 6.01. The van der Waals surface area contributed by atoms with Crippen molar-refractivity contribution < 1.29 is 23.1 Å². The molecular formula is C18H12N4O5. The largest absolute Gasteiger partial charge is 0.454 e. The number of carbonyl (C=O) groups excluding carboxylic acids is 1. The lowest BCUT2D eigenvalue weighted by Crippen LogP contribution is -2.12. The van der Waals surface area contributed by atoms with Crippen LogP contribution in [0.4, 0.5) is 6.01 Å². The van der Waals surface area contributed by atoms with E-state index in [1.54, 1.807) is 18.2 Å². The molecule has 0 unspecified atom stereocenters. The molecule has 0 spiro atoms. The first-order valence-corrected chi connectivity index (χ1v) is 8.12. The average molecular weight is 364 g/mol. The molecule has 1 aliphatic rings. The maximum absolute atomic E-state index is 12.3. The van der Waals surface area contributed by atoms with E-state index >= 15 is 0 Å². The minimum Gasteiger partial charge on any atom is -0.454 e. The minimum absolute atomic E-state index is 0.0296. The highest BCUT2D eigenvalue weighted by Crippen LogP contribution is 2.33. The zero-order valence-corrected chi connectivity index (χ0v) is 13.8. The number of oxazole rings is 1. The molecule has 9 nitrogen and oxygen atoms in total. The van der Waals surface area contributed by atoms with Crippen LogP contribution in [0.3, 0.4) is 0 Å². The van der Waals surface area contributed by atoms with E-state index in [0.717, 1.165) is 5.56 Å². The number of rotatable bonds is 4. The number of para-hydroxylation sites is 2. The smallest absolute Gasteiger partial charge is 0.322 e. The van der Waals surface area contributed by atoms with Crippen molar-refractivity contribution in [3.05, 3.63) is 59.8 Å². The Bertz CT molecular complexity index is 1120. The third kappa shape index (κ3) is 2.95. The molecule has 5 rings (SSSR count). The molecule has 0 bridgehead atoms. The van der Waals surface area contributed by atoms with Crippen molar-refractivity contribution in [3.63, 3.8) is 0 Å². The summed E-state index contributed by atoms with van der Waals surface area (Å²) in [5.41, 5.74) is 2.04. The van der Waals surface area contributed by atoms with E-state index in [-0.39, 0.29) is 18.7 Å². The number of carbonyl (C=O) groups is 1. The van der Waals surface area contributed by atoms with Crippen molar-refractivity contribution in [1.82, 2.24) is 15.2 Å². The molecule has 9 heteroatoms. The summed E-state index contributed by atoms with van der Waals surface area (Å²) in [6.07, 6.45) is 0.391. The molecule has 1 N–H and O–H groups in total. The zero-order chi connectivity index (χ0) is 18.2. The van der Waals surface area contributed by atoms with E-state index in [1.807, 2.05) is 24.3 Å². The predicted molar refractivity (Wildman–Crippen MR) is 91.6 cm³/mol. The van der Waals surface area contributed by atoms with Gasteiger partial charge in [-0.3, -0.25) is 10.1 Å². The van der Waals surface area contributed by atoms with Gasteiger partial charge in [0.1, 0.15) is 5.52 Å². The van der Waals surface area contributed by atoms with Crippen LogP contribution < -0.4 is 14.8 Å². The van der Waals surface area contributed by atoms with Crippen LogP contribution in [0.15, 0.2) is 51.3 Å². The Morgan fingerprint density at radius 2 is 1.93 bits per heavy atom. The Hall–Kier alpha value is -3.88. The lowest BCUT2D eigenvalue weighted by Gasteiger charge is -2.00. The zero-order valence-electron chi connectivity index (χ0n) is 13.8. The second kappa shape index (κ2) is 6.13. The number of benzene rings is 2. The molecule has 0 saturated heterocycles. The van der Waals surface area contributed by atoms with Gasteiger partial charge in [-0.15, -0.1) is 5.10 Å². The van der Waals surface area contributed by atoms with Crippen LogP contribution in [0.2, 0.25) is 0 Å². The van der Waals surface area contributed by atoms with E-state index in [9.17, 15) is 4.79 Å². The first kappa shape index (κ1) is 15.4. The molecule has 1 aliphatic heterocycles. The quantitative estimate of drug-likeness (QED) is 0.588. The van der Waals surface area contributed by atoms with Crippen molar-refractivity contribution in [2.24, 2.45) is 0 Å². The second-order valence-electron chi connectivity index (χ2n) is 5.81. The van der Waals surface area contributed by atoms with Gasteiger partial charge in [-0.05, 0) is 29.8 Å². The normalized spacial score (nSPS) is 12.4. The lowest BCUT2D eigenvalue weighted by molar-refractivity contribution is 0.0989. The van der Waals surface area contributed by atoms with Crippen LogP contribution in [-0.2, 0) is 6.42 Å². The minimum atomic E-state index is -0.565. The van der Waals surface area contributed by atoms with E-state index in [4.69, 9.17) is 18.3 Å². The summed E-state index contributed by atoms with van der Waals surface area (Å²) in [6.45, 7) is 0.214. The first-order valence-electron chi connectivity index (χ1n) is 8.12. The summed E-state index contributed by atoms with van der Waals surface area (Å²) in [5, 5.41) is 10.3. The van der Waals surface area contributed by atoms with E-state index in [2.05, 4.69) is 20.5 Å². The molecule has 4 aromatic rings. The molecular weight excluding hydrogens is 352 g/mol. The third-order valence-electron chi connectivity index (χ3n) is 3.97. The van der Waals surface area contributed by atoms with Gasteiger partial charge in [0.25, 0.3) is 5.89 Å². The van der Waals surface area contributed by atoms with Gasteiger partial charge < -0.3 is 18.3 Å². The van der Waals surface area contributed by atoms with Gasteiger partial charge >= 0.3 is 11.9 Å². The number of anilines is 1. The fourth-order valence-electron chi connectivity index (χ4n) is 2.72. The molecule has 2 aromatic heterocycles. The van der Waals surface area contributed by atoms with Gasteiger partial charge in [-0.2, -0.15) is 0 Å². The van der Waals surface area contributed by atoms with Crippen LogP contribution in [0.5, 0.6) is 11.5 Å². The maximum atomic E-state index is 12.3. The summed E-state index contributed by atoms with van der Waals surface area (Å²) < 4.78 is 21.5. The molecule has 27 heavy (non-hydrogen) atoms. The van der Waals surface area contributed by atoms with E-state index < -0.39 is 5.91 Å². The molecule has 0 atom stereocenters. The number of hydrogen-bond acceptors (Lipinski definition) is 8. The van der Waals surface area contributed by atoms with Crippen molar-refractivity contribution >= 4 is 23.0 Å². The Labute approximate surface area is 151 Å². The molecule has 0 radical (unpaired) electrons. The molecule has 1 amide bonds. The van der Waals surface area contributed by atoms with Gasteiger partial charge in [0.15, 0.2) is 17.1 Å². The van der Waals surface area contributed by atoms with Crippen LogP contribution in [0.1, 0.15) is 22.1 Å². The monoisotopic (exact) mass is 364 g/mol. The molecule has 2 aromatic carbocycles. The fraction of sp³-hybridized carbons (Fsp3) is 0.111. The number of aromatic nitrogens is 3. The standard InChI is InChI=1S/C18H12N4O5/c23-16(17-19-11-3-1-2-4-12(11)26-17)20-18-22-21-15(27-18)8-10-5-6-13-14(7-10)25-9-24-13/h1-7H,8-9H2,(H,20,22,23). The van der Waals surface area contributed by atoms with Crippen LogP contribution in [0, 0.1) is 0 Å². The van der Waals surface area contributed by atoms with E-state index in [0.29, 0.717) is 34.9 Å². The van der Waals surface area contributed by atoms with Crippen molar-refractivity contribution in [3.8, 4) is 11.5 Å². The molecule has 0 fully saturated rings. The molecule has 0 saturated carbocycles. The van der Waals surface area contributed by atoms with Crippen LogP contribution in [0.25, 0.3) is 11.1 Å². The Balaban J connectivity index is 1.29. The van der Waals surface area contributed by atoms with E-state index in [1.165, 1.54) is 0 Å². The Kier molecular flexibility index (Phi) is 3.49. The third-order valence-corrected chi connectivity index (χ3v) is 3.97. The average Bonchev–Trinajstić information content (AvgIpc) is 3.40. The van der Waals surface area contributed by atoms with Gasteiger partial charge in [-0.1, -0.05) is 23.3 Å². The van der Waals surface area contributed by atoms with Crippen molar-refractivity contribution in [2.45, 2.75) is 6.42 Å². The van der Waals surface area contributed by atoms with Gasteiger partial charge in [0.2, 0.25) is 12.7 Å². The molecule has 0 aliphatic carbocycles. The number of fused-ring (bicyclic) bond motifs is 2. The summed E-state index contributed by atoms with van der Waals surface area (Å²) in [5.74, 6) is 1.09. The second-order valence-corrected chi connectivity index (χ2v) is 5.81. The van der Waals surface area contributed by atoms with Crippen LogP contribution >= 0.6 is 0 Å². The van der Waals surface area contributed by atoms with Gasteiger partial charge in [0.05, 0.1) is 6.42 Å². The Morgan fingerprint density at radius 1 is 1.04 bits per heavy atom. The highest BCUT2D eigenvalue weighted by atomic mass is 16.7. The molecule has 3 heterocycles. The summed E-state index contributed by atoms with van der Waals surface area (Å²) >= 11 is 0. The van der Waals surface area contributed by atoms with Gasteiger partial charge in [-0.25, -0.2) is 4.98 Å². The lowest BCUT2D eigenvalue weighted by atomic mass is 10.1. The van der Waals surface area contributed by atoms with Crippen molar-refractivity contribution in [2.75, 3.05) is 12.1 Å². The highest BCUT2D eigenvalue weighted by Gasteiger charge is 2.18. The SMILES string of the molecule is O=C(Nc1nnc(Cc2ccc3c(c2)OCO3)o1)c1nc2ccccc2o1. The number of hydrogen-bond donors (Lipinski definition) is 1. The Morgan fingerprint density at radius 3 is 2.85 bits per heavy atom. The number of amides is 1. The number of nitrogens with one attached hydrogen (secondary N) is 1. The molecule has 134 valence electrons.